The molecule has 3 heterocycles. The van der Waals surface area contributed by atoms with E-state index in [-0.39, 0.29) is 5.91 Å². The predicted octanol–water partition coefficient (Wildman–Crippen LogP) is 4.42. The first-order chi connectivity index (χ1) is 19.9. The van der Waals surface area contributed by atoms with Gasteiger partial charge >= 0.3 is 0 Å². The first-order valence-electron chi connectivity index (χ1n) is 13.5. The number of nitrogens with zero attached hydrogens (tertiary/aromatic N) is 3. The molecule has 0 saturated heterocycles. The molecule has 0 bridgehead atoms. The molecule has 10 heteroatoms. The van der Waals surface area contributed by atoms with Crippen molar-refractivity contribution in [1.82, 2.24) is 9.88 Å². The van der Waals surface area contributed by atoms with Gasteiger partial charge in [0.2, 0.25) is 0 Å². The Labute approximate surface area is 241 Å². The minimum atomic E-state index is -0.464. The Morgan fingerprint density at radius 3 is 2.76 bits per heavy atom. The second kappa shape index (κ2) is 11.1. The summed E-state index contributed by atoms with van der Waals surface area (Å²) in [5.74, 6) is -0.188. The summed E-state index contributed by atoms with van der Waals surface area (Å²) in [5, 5.41) is 12.6. The summed E-state index contributed by atoms with van der Waals surface area (Å²) in [4.78, 5) is 46.9. The Balaban J connectivity index is 1.14. The van der Waals surface area contributed by atoms with Crippen molar-refractivity contribution in [2.45, 2.75) is 13.0 Å². The van der Waals surface area contributed by atoms with E-state index >= 15 is 0 Å². The van der Waals surface area contributed by atoms with Crippen LogP contribution in [0.3, 0.4) is 0 Å². The summed E-state index contributed by atoms with van der Waals surface area (Å²) >= 11 is 1.38. The molecule has 5 aromatic rings. The SMILES string of the molecule is CN(C)CCNc1c(N2CCc3cc(NC(=O)c4sccc4NCc4ccnc5ccccc45)ccc32)c(=O)c1=O. The van der Waals surface area contributed by atoms with E-state index in [2.05, 4.69) is 20.9 Å². The molecule has 3 aromatic carbocycles. The normalized spacial score (nSPS) is 12.7. The van der Waals surface area contributed by atoms with Gasteiger partial charge in [-0.2, -0.15) is 0 Å². The molecule has 3 N–H and O–H groups in total. The zero-order chi connectivity index (χ0) is 28.5. The Morgan fingerprint density at radius 1 is 1.05 bits per heavy atom. The molecule has 41 heavy (non-hydrogen) atoms. The largest absolute Gasteiger partial charge is 0.380 e. The maximum atomic E-state index is 13.3. The van der Waals surface area contributed by atoms with Gasteiger partial charge in [-0.3, -0.25) is 19.4 Å². The van der Waals surface area contributed by atoms with Gasteiger partial charge in [0.05, 0.1) is 11.2 Å². The van der Waals surface area contributed by atoms with Crippen molar-refractivity contribution >= 4 is 56.6 Å². The Kier molecular flexibility index (Phi) is 7.25. The Morgan fingerprint density at radius 2 is 1.90 bits per heavy atom. The lowest BCUT2D eigenvalue weighted by molar-refractivity contribution is 0.103. The highest BCUT2D eigenvalue weighted by Crippen LogP contribution is 2.38. The second-order valence-corrected chi connectivity index (χ2v) is 11.2. The van der Waals surface area contributed by atoms with Crippen LogP contribution in [-0.4, -0.2) is 49.5 Å². The van der Waals surface area contributed by atoms with Gasteiger partial charge in [-0.05, 0) is 73.4 Å². The highest BCUT2D eigenvalue weighted by molar-refractivity contribution is 7.12. The van der Waals surface area contributed by atoms with Gasteiger partial charge in [0, 0.05) is 49.1 Å². The lowest BCUT2D eigenvalue weighted by Gasteiger charge is -2.24. The number of rotatable bonds is 10. The topological polar surface area (TPSA) is 107 Å². The number of aromatic nitrogens is 1. The molecule has 0 spiro atoms. The van der Waals surface area contributed by atoms with Crippen molar-refractivity contribution in [1.29, 1.82) is 0 Å². The van der Waals surface area contributed by atoms with Crippen LogP contribution in [0.15, 0.2) is 75.8 Å². The van der Waals surface area contributed by atoms with Gasteiger partial charge in [-0.15, -0.1) is 11.3 Å². The summed E-state index contributed by atoms with van der Waals surface area (Å²) in [6.45, 7) is 2.50. The first kappa shape index (κ1) is 26.7. The third-order valence-corrected chi connectivity index (χ3v) is 8.24. The fraction of sp³-hybridized carbons (Fsp3) is 0.226. The molecular weight excluding hydrogens is 536 g/mol. The van der Waals surface area contributed by atoms with Crippen LogP contribution in [0.1, 0.15) is 20.8 Å². The minimum absolute atomic E-state index is 0.188. The van der Waals surface area contributed by atoms with Crippen LogP contribution in [0.5, 0.6) is 0 Å². The van der Waals surface area contributed by atoms with Crippen LogP contribution in [0.25, 0.3) is 10.9 Å². The molecule has 1 amide bonds. The van der Waals surface area contributed by atoms with Gasteiger partial charge in [-0.25, -0.2) is 0 Å². The molecule has 9 nitrogen and oxygen atoms in total. The van der Waals surface area contributed by atoms with Crippen LogP contribution in [0.4, 0.5) is 28.4 Å². The monoisotopic (exact) mass is 566 g/mol. The lowest BCUT2D eigenvalue weighted by atomic mass is 10.1. The number of para-hydroxylation sites is 1. The molecule has 0 radical (unpaired) electrons. The van der Waals surface area contributed by atoms with E-state index < -0.39 is 10.9 Å². The van der Waals surface area contributed by atoms with Crippen LogP contribution in [0, 0.1) is 0 Å². The van der Waals surface area contributed by atoms with E-state index in [1.807, 2.05) is 83.9 Å². The standard InChI is InChI=1S/C31H30N6O3S/c1-36(2)15-13-33-26-27(29(39)28(26)38)37-14-10-19-17-21(7-8-25(19)37)35-31(40)30-24(11-16-41-30)34-18-20-9-12-32-23-6-4-3-5-22(20)23/h3-9,11-12,16-17,33-34H,10,13-15,18H2,1-2H3,(H,35,40). The van der Waals surface area contributed by atoms with E-state index in [1.165, 1.54) is 11.3 Å². The van der Waals surface area contributed by atoms with E-state index in [1.54, 1.807) is 6.20 Å². The van der Waals surface area contributed by atoms with E-state index in [0.29, 0.717) is 48.0 Å². The molecule has 1 aliphatic heterocycles. The van der Waals surface area contributed by atoms with Gasteiger partial charge in [0.1, 0.15) is 16.3 Å². The smallest absolute Gasteiger partial charge is 0.267 e. The quantitative estimate of drug-likeness (QED) is 0.213. The predicted molar refractivity (Wildman–Crippen MR) is 167 cm³/mol. The molecule has 2 aromatic heterocycles. The number of benzene rings is 2. The highest BCUT2D eigenvalue weighted by atomic mass is 32.1. The molecule has 0 unspecified atom stereocenters. The van der Waals surface area contributed by atoms with Crippen molar-refractivity contribution in [3.8, 4) is 0 Å². The third kappa shape index (κ3) is 5.19. The molecular formula is C31H30N6O3S. The van der Waals surface area contributed by atoms with Crippen molar-refractivity contribution in [3.63, 3.8) is 0 Å². The number of carbonyl (C=O) groups excluding carboxylic acids is 1. The molecule has 0 aliphatic carbocycles. The summed E-state index contributed by atoms with van der Waals surface area (Å²) in [6, 6.07) is 17.6. The number of hydrogen-bond donors (Lipinski definition) is 3. The van der Waals surface area contributed by atoms with E-state index in [0.717, 1.165) is 39.9 Å². The number of nitrogens with one attached hydrogen (secondary N) is 3. The minimum Gasteiger partial charge on any atom is -0.380 e. The number of hydrogen-bond acceptors (Lipinski definition) is 9. The van der Waals surface area contributed by atoms with Crippen molar-refractivity contribution in [2.24, 2.45) is 0 Å². The number of likely N-dealkylation sites (N-methyl/N-ethyl adjacent to an activating group) is 1. The zero-order valence-corrected chi connectivity index (χ0v) is 23.7. The van der Waals surface area contributed by atoms with Gasteiger partial charge in [0.15, 0.2) is 0 Å². The number of thiophene rings is 1. The fourth-order valence-corrected chi connectivity index (χ4v) is 5.99. The summed E-state index contributed by atoms with van der Waals surface area (Å²) in [7, 11) is 3.91. The van der Waals surface area contributed by atoms with Crippen molar-refractivity contribution in [3.05, 3.63) is 103 Å². The maximum Gasteiger partial charge on any atom is 0.267 e. The number of fused-ring (bicyclic) bond motifs is 2. The van der Waals surface area contributed by atoms with Gasteiger partial charge in [0.25, 0.3) is 16.8 Å². The third-order valence-electron chi connectivity index (χ3n) is 7.33. The van der Waals surface area contributed by atoms with Crippen molar-refractivity contribution < 1.29 is 4.79 Å². The summed E-state index contributed by atoms with van der Waals surface area (Å²) < 4.78 is 0. The van der Waals surface area contributed by atoms with Crippen LogP contribution < -0.4 is 31.7 Å². The maximum absolute atomic E-state index is 13.3. The summed E-state index contributed by atoms with van der Waals surface area (Å²) in [6.07, 6.45) is 2.51. The average Bonchev–Trinajstić information content (AvgIpc) is 3.62. The Hall–Kier alpha value is -4.54. The average molecular weight is 567 g/mol. The van der Waals surface area contributed by atoms with E-state index in [9.17, 15) is 14.4 Å². The van der Waals surface area contributed by atoms with E-state index in [4.69, 9.17) is 0 Å². The molecule has 6 rings (SSSR count). The van der Waals surface area contributed by atoms with Crippen LogP contribution in [-0.2, 0) is 13.0 Å². The number of pyridine rings is 1. The van der Waals surface area contributed by atoms with Crippen molar-refractivity contribution in [2.75, 3.05) is 54.6 Å². The second-order valence-electron chi connectivity index (χ2n) is 10.3. The van der Waals surface area contributed by atoms with Gasteiger partial charge < -0.3 is 25.8 Å². The number of carbonyl (C=O) groups is 1. The van der Waals surface area contributed by atoms with Crippen LogP contribution >= 0.6 is 11.3 Å². The fourth-order valence-electron chi connectivity index (χ4n) is 5.23. The lowest BCUT2D eigenvalue weighted by Crippen LogP contribution is -2.41. The number of amides is 1. The molecule has 1 aliphatic rings. The van der Waals surface area contributed by atoms with Gasteiger partial charge in [-0.1, -0.05) is 18.2 Å². The highest BCUT2D eigenvalue weighted by Gasteiger charge is 2.31. The van der Waals surface area contributed by atoms with Crippen LogP contribution in [0.2, 0.25) is 0 Å². The summed E-state index contributed by atoms with van der Waals surface area (Å²) in [5.41, 5.74) is 5.30. The molecule has 0 atom stereocenters. The first-order valence-corrected chi connectivity index (χ1v) is 14.4. The molecule has 0 saturated carbocycles. The zero-order valence-electron chi connectivity index (χ0n) is 22.9. The molecule has 208 valence electrons. The molecule has 0 fully saturated rings. The Bertz CT molecular complexity index is 1820. The number of anilines is 5.